The van der Waals surface area contributed by atoms with E-state index in [-0.39, 0.29) is 5.56 Å². The predicted octanol–water partition coefficient (Wildman–Crippen LogP) is 3.07. The minimum atomic E-state index is -0.981. The van der Waals surface area contributed by atoms with Gasteiger partial charge < -0.3 is 10.4 Å². The first-order valence-corrected chi connectivity index (χ1v) is 6.29. The fraction of sp³-hybridized carbons (Fsp3) is 0.462. The van der Waals surface area contributed by atoms with Gasteiger partial charge in [-0.25, -0.2) is 4.79 Å². The molecule has 0 unspecified atom stereocenters. The molecule has 0 aliphatic heterocycles. The quantitative estimate of drug-likeness (QED) is 0.867. The van der Waals surface area contributed by atoms with Gasteiger partial charge in [0.15, 0.2) is 0 Å². The number of carboxylic acid groups (broad SMARTS) is 1. The normalized spacial score (nSPS) is 16.3. The van der Waals surface area contributed by atoms with Crippen molar-refractivity contribution >= 4 is 17.6 Å². The molecule has 0 saturated heterocycles. The Kier molecular flexibility index (Phi) is 4.02. The number of carbonyl (C=O) groups is 1. The molecule has 1 fully saturated rings. The molecule has 1 saturated carbocycles. The molecular formula is C13H16ClNO2. The summed E-state index contributed by atoms with van der Waals surface area (Å²) in [5, 5.41) is 12.6. The van der Waals surface area contributed by atoms with E-state index in [4.69, 9.17) is 16.7 Å². The fourth-order valence-electron chi connectivity index (χ4n) is 2.23. The van der Waals surface area contributed by atoms with Crippen LogP contribution < -0.4 is 5.32 Å². The molecule has 17 heavy (non-hydrogen) atoms. The van der Waals surface area contributed by atoms with Crippen LogP contribution in [0.15, 0.2) is 18.2 Å². The lowest BCUT2D eigenvalue weighted by molar-refractivity contribution is 0.0697. The third-order valence-corrected chi connectivity index (χ3v) is 3.53. The SMILES string of the molecule is O=C(O)c1ccc(CNC2CCCC2)cc1Cl. The van der Waals surface area contributed by atoms with Gasteiger partial charge in [-0.3, -0.25) is 0 Å². The van der Waals surface area contributed by atoms with E-state index in [0.717, 1.165) is 12.1 Å². The smallest absolute Gasteiger partial charge is 0.337 e. The standard InChI is InChI=1S/C13H16ClNO2/c14-12-7-9(5-6-11(12)13(16)17)8-15-10-3-1-2-4-10/h5-7,10,15H,1-4,8H2,(H,16,17). The van der Waals surface area contributed by atoms with E-state index in [0.29, 0.717) is 11.1 Å². The Hall–Kier alpha value is -1.06. The molecule has 2 N–H and O–H groups in total. The van der Waals surface area contributed by atoms with Gasteiger partial charge in [-0.2, -0.15) is 0 Å². The first kappa shape index (κ1) is 12.4. The molecule has 1 aliphatic carbocycles. The number of carboxylic acids is 1. The van der Waals surface area contributed by atoms with Gasteiger partial charge in [0.2, 0.25) is 0 Å². The molecule has 0 atom stereocenters. The summed E-state index contributed by atoms with van der Waals surface area (Å²) in [5.74, 6) is -0.981. The van der Waals surface area contributed by atoms with Crippen LogP contribution in [0.4, 0.5) is 0 Å². The van der Waals surface area contributed by atoms with E-state index < -0.39 is 5.97 Å². The molecule has 3 nitrogen and oxygen atoms in total. The number of hydrogen-bond donors (Lipinski definition) is 2. The Bertz CT molecular complexity index is 414. The van der Waals surface area contributed by atoms with Crippen molar-refractivity contribution in [2.45, 2.75) is 38.3 Å². The van der Waals surface area contributed by atoms with Crippen LogP contribution >= 0.6 is 11.6 Å². The zero-order valence-electron chi connectivity index (χ0n) is 9.58. The van der Waals surface area contributed by atoms with Gasteiger partial charge in [0, 0.05) is 12.6 Å². The van der Waals surface area contributed by atoms with Gasteiger partial charge in [-0.1, -0.05) is 30.5 Å². The summed E-state index contributed by atoms with van der Waals surface area (Å²) in [4.78, 5) is 10.8. The van der Waals surface area contributed by atoms with Crippen LogP contribution in [0.2, 0.25) is 5.02 Å². The van der Waals surface area contributed by atoms with E-state index in [1.54, 1.807) is 12.1 Å². The lowest BCUT2D eigenvalue weighted by atomic mass is 10.1. The maximum atomic E-state index is 10.8. The van der Waals surface area contributed by atoms with Crippen molar-refractivity contribution in [2.75, 3.05) is 0 Å². The van der Waals surface area contributed by atoms with Gasteiger partial charge in [0.1, 0.15) is 0 Å². The van der Waals surface area contributed by atoms with E-state index in [1.807, 2.05) is 6.07 Å². The zero-order chi connectivity index (χ0) is 12.3. The van der Waals surface area contributed by atoms with Crippen molar-refractivity contribution < 1.29 is 9.90 Å². The van der Waals surface area contributed by atoms with E-state index >= 15 is 0 Å². The summed E-state index contributed by atoms with van der Waals surface area (Å²) >= 11 is 5.91. The molecule has 1 aliphatic rings. The Morgan fingerprint density at radius 2 is 2.12 bits per heavy atom. The monoisotopic (exact) mass is 253 g/mol. The fourth-order valence-corrected chi connectivity index (χ4v) is 2.52. The van der Waals surface area contributed by atoms with E-state index in [1.165, 1.54) is 25.7 Å². The third kappa shape index (κ3) is 3.20. The molecule has 0 aromatic heterocycles. The Morgan fingerprint density at radius 3 is 2.71 bits per heavy atom. The van der Waals surface area contributed by atoms with Crippen LogP contribution in [0.5, 0.6) is 0 Å². The van der Waals surface area contributed by atoms with Gasteiger partial charge in [0.05, 0.1) is 10.6 Å². The van der Waals surface area contributed by atoms with E-state index in [2.05, 4.69) is 5.32 Å². The summed E-state index contributed by atoms with van der Waals surface area (Å²) in [5.41, 5.74) is 1.20. The van der Waals surface area contributed by atoms with Crippen molar-refractivity contribution in [3.05, 3.63) is 34.3 Å². The van der Waals surface area contributed by atoms with Gasteiger partial charge in [-0.05, 0) is 30.5 Å². The first-order chi connectivity index (χ1) is 8.16. The number of hydrogen-bond acceptors (Lipinski definition) is 2. The summed E-state index contributed by atoms with van der Waals surface area (Å²) in [6.07, 6.45) is 5.08. The molecular weight excluding hydrogens is 238 g/mol. The van der Waals surface area contributed by atoms with Crippen LogP contribution in [0.25, 0.3) is 0 Å². The van der Waals surface area contributed by atoms with Crippen LogP contribution in [0.1, 0.15) is 41.6 Å². The van der Waals surface area contributed by atoms with Crippen molar-refractivity contribution in [1.29, 1.82) is 0 Å². The number of nitrogens with one attached hydrogen (secondary N) is 1. The van der Waals surface area contributed by atoms with Crippen molar-refractivity contribution in [3.63, 3.8) is 0 Å². The number of rotatable bonds is 4. The van der Waals surface area contributed by atoms with E-state index in [9.17, 15) is 4.79 Å². The average molecular weight is 254 g/mol. The highest BCUT2D eigenvalue weighted by atomic mass is 35.5. The number of halogens is 1. The van der Waals surface area contributed by atoms with Crippen LogP contribution in [-0.2, 0) is 6.54 Å². The largest absolute Gasteiger partial charge is 0.478 e. The van der Waals surface area contributed by atoms with Gasteiger partial charge in [0.25, 0.3) is 0 Å². The topological polar surface area (TPSA) is 49.3 Å². The minimum absolute atomic E-state index is 0.163. The summed E-state index contributed by atoms with van der Waals surface area (Å²) < 4.78 is 0. The maximum absolute atomic E-state index is 10.8. The van der Waals surface area contributed by atoms with Crippen molar-refractivity contribution in [3.8, 4) is 0 Å². The first-order valence-electron chi connectivity index (χ1n) is 5.92. The van der Waals surface area contributed by atoms with Crippen molar-refractivity contribution in [2.24, 2.45) is 0 Å². The molecule has 2 rings (SSSR count). The lowest BCUT2D eigenvalue weighted by Gasteiger charge is -2.12. The Balaban J connectivity index is 1.97. The summed E-state index contributed by atoms with van der Waals surface area (Å²) in [6, 6.07) is 5.72. The zero-order valence-corrected chi connectivity index (χ0v) is 10.3. The molecule has 0 bridgehead atoms. The Morgan fingerprint density at radius 1 is 1.41 bits per heavy atom. The highest BCUT2D eigenvalue weighted by Crippen LogP contribution is 2.20. The molecule has 92 valence electrons. The predicted molar refractivity (Wildman–Crippen MR) is 67.5 cm³/mol. The molecule has 0 heterocycles. The summed E-state index contributed by atoms with van der Waals surface area (Å²) in [6.45, 7) is 0.754. The second-order valence-electron chi connectivity index (χ2n) is 4.48. The van der Waals surface area contributed by atoms with Crippen molar-refractivity contribution in [1.82, 2.24) is 5.32 Å². The average Bonchev–Trinajstić information content (AvgIpc) is 2.78. The second kappa shape index (κ2) is 5.52. The number of aromatic carboxylic acids is 1. The minimum Gasteiger partial charge on any atom is -0.478 e. The molecule has 0 spiro atoms. The third-order valence-electron chi connectivity index (χ3n) is 3.21. The molecule has 1 aromatic rings. The molecule has 4 heteroatoms. The highest BCUT2D eigenvalue weighted by Gasteiger charge is 2.14. The highest BCUT2D eigenvalue weighted by molar-refractivity contribution is 6.33. The van der Waals surface area contributed by atoms with Crippen LogP contribution in [0.3, 0.4) is 0 Å². The van der Waals surface area contributed by atoms with Gasteiger partial charge >= 0.3 is 5.97 Å². The number of benzene rings is 1. The summed E-state index contributed by atoms with van der Waals surface area (Å²) in [7, 11) is 0. The molecule has 0 amide bonds. The maximum Gasteiger partial charge on any atom is 0.337 e. The second-order valence-corrected chi connectivity index (χ2v) is 4.89. The Labute approximate surface area is 106 Å². The molecule has 1 aromatic carbocycles. The van der Waals surface area contributed by atoms with Gasteiger partial charge in [-0.15, -0.1) is 0 Å². The van der Waals surface area contributed by atoms with Crippen LogP contribution in [0, 0.1) is 0 Å². The van der Waals surface area contributed by atoms with Crippen LogP contribution in [-0.4, -0.2) is 17.1 Å². The molecule has 0 radical (unpaired) electrons. The lowest BCUT2D eigenvalue weighted by Crippen LogP contribution is -2.25.